The molecular formula is C13H18FN. The zero-order valence-corrected chi connectivity index (χ0v) is 9.39. The van der Waals surface area contributed by atoms with E-state index in [9.17, 15) is 4.39 Å². The summed E-state index contributed by atoms with van der Waals surface area (Å²) >= 11 is 0. The van der Waals surface area contributed by atoms with Crippen molar-refractivity contribution in [2.45, 2.75) is 32.7 Å². The minimum absolute atomic E-state index is 0.0415. The van der Waals surface area contributed by atoms with Crippen LogP contribution in [-0.2, 0) is 6.42 Å². The highest BCUT2D eigenvalue weighted by Gasteiger charge is 2.30. The molecule has 0 saturated carbocycles. The molecule has 1 aliphatic rings. The van der Waals surface area contributed by atoms with Gasteiger partial charge in [-0.3, -0.25) is 0 Å². The number of fused-ring (bicyclic) bond motifs is 1. The lowest BCUT2D eigenvalue weighted by molar-refractivity contribution is 0.416. The van der Waals surface area contributed by atoms with Crippen LogP contribution < -0.4 is 5.32 Å². The average molecular weight is 207 g/mol. The first-order chi connectivity index (χ1) is 7.24. The maximum atomic E-state index is 13.5. The van der Waals surface area contributed by atoms with E-state index in [2.05, 4.69) is 25.2 Å². The molecular weight excluding hydrogens is 189 g/mol. The molecule has 0 fully saturated rings. The molecule has 2 rings (SSSR count). The number of rotatable bonds is 3. The quantitative estimate of drug-likeness (QED) is 0.803. The van der Waals surface area contributed by atoms with Crippen LogP contribution in [0.5, 0.6) is 0 Å². The van der Waals surface area contributed by atoms with Crippen LogP contribution in [0.25, 0.3) is 0 Å². The van der Waals surface area contributed by atoms with Gasteiger partial charge in [-0.15, -0.1) is 0 Å². The van der Waals surface area contributed by atoms with Gasteiger partial charge in [0.25, 0.3) is 0 Å². The monoisotopic (exact) mass is 207 g/mol. The van der Waals surface area contributed by atoms with Crippen LogP contribution in [0, 0.1) is 11.7 Å². The summed E-state index contributed by atoms with van der Waals surface area (Å²) in [5.74, 6) is 0.462. The van der Waals surface area contributed by atoms with Crippen LogP contribution in [0.2, 0.25) is 0 Å². The van der Waals surface area contributed by atoms with Gasteiger partial charge >= 0.3 is 0 Å². The van der Waals surface area contributed by atoms with Crippen molar-refractivity contribution in [1.29, 1.82) is 0 Å². The molecule has 2 atom stereocenters. The Morgan fingerprint density at radius 3 is 3.00 bits per heavy atom. The third-order valence-corrected chi connectivity index (χ3v) is 3.20. The number of hydrogen-bond acceptors (Lipinski definition) is 1. The molecule has 1 nitrogen and oxygen atoms in total. The van der Waals surface area contributed by atoms with Crippen molar-refractivity contribution < 1.29 is 4.39 Å². The molecule has 0 amide bonds. The van der Waals surface area contributed by atoms with E-state index in [-0.39, 0.29) is 5.82 Å². The molecule has 0 radical (unpaired) electrons. The fourth-order valence-corrected chi connectivity index (χ4v) is 2.44. The lowest BCUT2D eigenvalue weighted by atomic mass is 10.0. The topological polar surface area (TPSA) is 12.0 Å². The largest absolute Gasteiger partial charge is 0.310 e. The first-order valence-electron chi connectivity index (χ1n) is 5.74. The number of halogens is 1. The Bertz CT molecular complexity index is 348. The molecule has 82 valence electrons. The molecule has 1 aromatic carbocycles. The molecule has 0 saturated heterocycles. The summed E-state index contributed by atoms with van der Waals surface area (Å²) in [5.41, 5.74) is 2.08. The van der Waals surface area contributed by atoms with Crippen LogP contribution in [0.1, 0.15) is 37.4 Å². The van der Waals surface area contributed by atoms with Crippen molar-refractivity contribution in [3.8, 4) is 0 Å². The predicted octanol–water partition coefficient (Wildman–Crippen LogP) is 3.06. The van der Waals surface area contributed by atoms with Gasteiger partial charge in [-0.25, -0.2) is 4.39 Å². The van der Waals surface area contributed by atoms with E-state index in [1.165, 1.54) is 0 Å². The maximum Gasteiger partial charge on any atom is 0.126 e. The van der Waals surface area contributed by atoms with Crippen LogP contribution in [0.4, 0.5) is 4.39 Å². The molecule has 15 heavy (non-hydrogen) atoms. The van der Waals surface area contributed by atoms with Gasteiger partial charge in [-0.1, -0.05) is 26.0 Å². The smallest absolute Gasteiger partial charge is 0.126 e. The van der Waals surface area contributed by atoms with E-state index in [0.717, 1.165) is 30.5 Å². The molecule has 0 heterocycles. The summed E-state index contributed by atoms with van der Waals surface area (Å²) in [4.78, 5) is 0. The number of benzene rings is 1. The third-order valence-electron chi connectivity index (χ3n) is 3.20. The van der Waals surface area contributed by atoms with Gasteiger partial charge < -0.3 is 5.32 Å². The van der Waals surface area contributed by atoms with Crippen LogP contribution in [-0.4, -0.2) is 6.54 Å². The van der Waals surface area contributed by atoms with Crippen molar-refractivity contribution in [3.05, 3.63) is 35.1 Å². The van der Waals surface area contributed by atoms with Gasteiger partial charge in [0, 0.05) is 6.04 Å². The van der Waals surface area contributed by atoms with Gasteiger partial charge in [-0.05, 0) is 42.5 Å². The minimum atomic E-state index is -0.0415. The molecule has 2 unspecified atom stereocenters. The molecule has 0 aliphatic heterocycles. The Balaban J connectivity index is 2.25. The molecule has 0 aromatic heterocycles. The highest BCUT2D eigenvalue weighted by molar-refractivity contribution is 5.36. The van der Waals surface area contributed by atoms with Crippen molar-refractivity contribution in [1.82, 2.24) is 5.32 Å². The summed E-state index contributed by atoms with van der Waals surface area (Å²) in [5, 5.41) is 3.50. The summed E-state index contributed by atoms with van der Waals surface area (Å²) in [7, 11) is 0. The van der Waals surface area contributed by atoms with E-state index in [1.54, 1.807) is 6.07 Å². The number of hydrogen-bond donors (Lipinski definition) is 1. The second-order valence-electron chi connectivity index (χ2n) is 4.42. The predicted molar refractivity (Wildman–Crippen MR) is 60.3 cm³/mol. The lowest BCUT2D eigenvalue weighted by Gasteiger charge is -2.18. The fourth-order valence-electron chi connectivity index (χ4n) is 2.44. The summed E-state index contributed by atoms with van der Waals surface area (Å²) in [6.45, 7) is 5.34. The maximum absolute atomic E-state index is 13.5. The zero-order valence-electron chi connectivity index (χ0n) is 9.39. The van der Waals surface area contributed by atoms with Gasteiger partial charge in [0.15, 0.2) is 0 Å². The second-order valence-corrected chi connectivity index (χ2v) is 4.42. The van der Waals surface area contributed by atoms with Gasteiger partial charge in [0.2, 0.25) is 0 Å². The van der Waals surface area contributed by atoms with Crippen molar-refractivity contribution in [2.75, 3.05) is 6.54 Å². The van der Waals surface area contributed by atoms with E-state index in [4.69, 9.17) is 0 Å². The van der Waals surface area contributed by atoms with E-state index in [1.807, 2.05) is 6.07 Å². The molecule has 1 N–H and O–H groups in total. The second kappa shape index (κ2) is 4.31. The summed E-state index contributed by atoms with van der Waals surface area (Å²) in [6.07, 6.45) is 1.98. The van der Waals surface area contributed by atoms with E-state index >= 15 is 0 Å². The van der Waals surface area contributed by atoms with Crippen LogP contribution >= 0.6 is 0 Å². The summed E-state index contributed by atoms with van der Waals surface area (Å²) < 4.78 is 13.5. The molecule has 0 spiro atoms. The van der Waals surface area contributed by atoms with Crippen molar-refractivity contribution in [2.24, 2.45) is 5.92 Å². The highest BCUT2D eigenvalue weighted by atomic mass is 19.1. The van der Waals surface area contributed by atoms with E-state index < -0.39 is 0 Å². The Hall–Kier alpha value is -0.890. The first kappa shape index (κ1) is 10.6. The Kier molecular flexibility index (Phi) is 3.06. The standard InChI is InChI=1S/C13H18FN/c1-3-7-15-13-9(2)8-11-10(13)5-4-6-12(11)14/h4-6,9,13,15H,3,7-8H2,1-2H3. The van der Waals surface area contributed by atoms with Crippen LogP contribution in [0.3, 0.4) is 0 Å². The summed E-state index contributed by atoms with van der Waals surface area (Å²) in [6, 6.07) is 5.77. The van der Waals surface area contributed by atoms with Crippen LogP contribution in [0.15, 0.2) is 18.2 Å². The lowest BCUT2D eigenvalue weighted by Crippen LogP contribution is -2.24. The molecule has 1 aromatic rings. The van der Waals surface area contributed by atoms with Crippen molar-refractivity contribution in [3.63, 3.8) is 0 Å². The fraction of sp³-hybridized carbons (Fsp3) is 0.538. The van der Waals surface area contributed by atoms with Gasteiger partial charge in [-0.2, -0.15) is 0 Å². The highest BCUT2D eigenvalue weighted by Crippen LogP contribution is 2.36. The zero-order chi connectivity index (χ0) is 10.8. The molecule has 2 heteroatoms. The molecule has 0 bridgehead atoms. The van der Waals surface area contributed by atoms with Crippen molar-refractivity contribution >= 4 is 0 Å². The first-order valence-corrected chi connectivity index (χ1v) is 5.74. The Morgan fingerprint density at radius 2 is 2.27 bits per heavy atom. The van der Waals surface area contributed by atoms with E-state index in [0.29, 0.717) is 12.0 Å². The Morgan fingerprint density at radius 1 is 1.47 bits per heavy atom. The minimum Gasteiger partial charge on any atom is -0.310 e. The molecule has 1 aliphatic carbocycles. The number of nitrogens with one attached hydrogen (secondary N) is 1. The SMILES string of the molecule is CCCNC1c2cccc(F)c2CC1C. The van der Waals surface area contributed by atoms with Gasteiger partial charge in [0.05, 0.1) is 0 Å². The normalized spacial score (nSPS) is 24.2. The van der Waals surface area contributed by atoms with Gasteiger partial charge in [0.1, 0.15) is 5.82 Å². The third kappa shape index (κ3) is 1.91. The Labute approximate surface area is 90.7 Å². The average Bonchev–Trinajstić information content (AvgIpc) is 2.54.